The van der Waals surface area contributed by atoms with Gasteiger partial charge >= 0.3 is 0 Å². The molecule has 0 unspecified atom stereocenters. The van der Waals surface area contributed by atoms with E-state index in [0.717, 1.165) is 6.54 Å². The molecule has 0 bridgehead atoms. The number of hydrogen-bond donors (Lipinski definition) is 0. The Hall–Kier alpha value is -0.450. The average Bonchev–Trinajstić information content (AvgIpc) is 2.10. The molecule has 0 aliphatic heterocycles. The fraction of sp³-hybridized carbons (Fsp3) is 0.500. The van der Waals surface area contributed by atoms with E-state index in [1.807, 2.05) is 19.0 Å². The van der Waals surface area contributed by atoms with Gasteiger partial charge in [0.05, 0.1) is 0 Å². The summed E-state index contributed by atoms with van der Waals surface area (Å²) in [4.78, 5) is 9.51. The second kappa shape index (κ2) is 4.87. The molecule has 0 N–H and O–H groups in total. The quantitative estimate of drug-likeness (QED) is 0.754. The van der Waals surface area contributed by atoms with Gasteiger partial charge in [0, 0.05) is 13.0 Å². The predicted octanol–water partition coefficient (Wildman–Crippen LogP) is 2.03. The van der Waals surface area contributed by atoms with Gasteiger partial charge in [-0.1, -0.05) is 23.2 Å². The largest absolute Gasteiger partial charge is 0.309 e. The third kappa shape index (κ3) is 3.04. The number of hydrogen-bond acceptors (Lipinski definition) is 3. The molecule has 0 radical (unpaired) electrons. The Morgan fingerprint density at radius 2 is 1.71 bits per heavy atom. The third-order valence-corrected chi connectivity index (χ3v) is 2.10. The Kier molecular flexibility index (Phi) is 4.04. The number of rotatable bonds is 3. The van der Waals surface area contributed by atoms with Crippen LogP contribution >= 0.6 is 23.2 Å². The van der Waals surface area contributed by atoms with Crippen molar-refractivity contribution >= 4 is 23.2 Å². The van der Waals surface area contributed by atoms with Crippen LogP contribution in [0, 0.1) is 5.82 Å². The molecular weight excluding hydrogens is 228 g/mol. The zero-order chi connectivity index (χ0) is 10.7. The maximum absolute atomic E-state index is 12.9. The van der Waals surface area contributed by atoms with Crippen molar-refractivity contribution in [2.24, 2.45) is 0 Å². The number of halogens is 3. The molecule has 1 aromatic rings. The molecule has 78 valence electrons. The standard InChI is InChI=1S/C8H10Cl2FN3/c1-14(2)4-3-5-12-7(9)6(11)8(10)13-5/h3-4H2,1-2H3. The lowest BCUT2D eigenvalue weighted by atomic mass is 10.4. The highest BCUT2D eigenvalue weighted by Gasteiger charge is 2.10. The smallest absolute Gasteiger partial charge is 0.197 e. The Balaban J connectivity index is 2.79. The summed E-state index contributed by atoms with van der Waals surface area (Å²) >= 11 is 11.0. The van der Waals surface area contributed by atoms with Crippen molar-refractivity contribution in [3.05, 3.63) is 21.9 Å². The predicted molar refractivity (Wildman–Crippen MR) is 54.3 cm³/mol. The van der Waals surface area contributed by atoms with Crippen LogP contribution in [0.4, 0.5) is 4.39 Å². The Bertz CT molecular complexity index is 307. The molecule has 14 heavy (non-hydrogen) atoms. The summed E-state index contributed by atoms with van der Waals surface area (Å²) in [6, 6.07) is 0. The van der Waals surface area contributed by atoms with E-state index < -0.39 is 5.82 Å². The van der Waals surface area contributed by atoms with Gasteiger partial charge in [-0.3, -0.25) is 0 Å². The first kappa shape index (κ1) is 11.6. The van der Waals surface area contributed by atoms with Crippen molar-refractivity contribution in [3.8, 4) is 0 Å². The van der Waals surface area contributed by atoms with Crippen LogP contribution in [-0.4, -0.2) is 35.5 Å². The van der Waals surface area contributed by atoms with E-state index >= 15 is 0 Å². The summed E-state index contributed by atoms with van der Waals surface area (Å²) in [7, 11) is 3.85. The molecule has 0 amide bonds. The molecule has 0 saturated heterocycles. The van der Waals surface area contributed by atoms with Crippen LogP contribution in [0.2, 0.25) is 10.3 Å². The van der Waals surface area contributed by atoms with Crippen LogP contribution in [0.3, 0.4) is 0 Å². The van der Waals surface area contributed by atoms with E-state index in [9.17, 15) is 4.39 Å². The van der Waals surface area contributed by atoms with Gasteiger partial charge in [0.2, 0.25) is 0 Å². The molecule has 1 heterocycles. The minimum absolute atomic E-state index is 0.223. The highest BCUT2D eigenvalue weighted by molar-refractivity contribution is 6.33. The molecule has 0 fully saturated rings. The van der Waals surface area contributed by atoms with Crippen LogP contribution in [0.1, 0.15) is 5.82 Å². The van der Waals surface area contributed by atoms with Crippen molar-refractivity contribution in [1.29, 1.82) is 0 Å². The zero-order valence-corrected chi connectivity index (χ0v) is 9.40. The SMILES string of the molecule is CN(C)CCc1nc(Cl)c(F)c(Cl)n1. The van der Waals surface area contributed by atoms with Gasteiger partial charge in [-0.25, -0.2) is 14.4 Å². The first-order valence-corrected chi connectivity index (χ1v) is 4.78. The van der Waals surface area contributed by atoms with E-state index in [1.54, 1.807) is 0 Å². The molecule has 0 atom stereocenters. The Morgan fingerprint density at radius 1 is 1.21 bits per heavy atom. The van der Waals surface area contributed by atoms with Gasteiger partial charge in [-0.2, -0.15) is 0 Å². The van der Waals surface area contributed by atoms with Gasteiger partial charge < -0.3 is 4.90 Å². The highest BCUT2D eigenvalue weighted by atomic mass is 35.5. The zero-order valence-electron chi connectivity index (χ0n) is 7.89. The first-order chi connectivity index (χ1) is 6.50. The molecule has 0 aliphatic carbocycles. The third-order valence-electron chi connectivity index (χ3n) is 1.60. The maximum atomic E-state index is 12.9. The van der Waals surface area contributed by atoms with E-state index in [-0.39, 0.29) is 10.3 Å². The molecule has 3 nitrogen and oxygen atoms in total. The minimum atomic E-state index is -0.762. The van der Waals surface area contributed by atoms with Crippen molar-refractivity contribution in [2.75, 3.05) is 20.6 Å². The van der Waals surface area contributed by atoms with Crippen LogP contribution in [0.5, 0.6) is 0 Å². The number of likely N-dealkylation sites (N-methyl/N-ethyl adjacent to an activating group) is 1. The topological polar surface area (TPSA) is 29.0 Å². The maximum Gasteiger partial charge on any atom is 0.197 e. The molecule has 0 aromatic carbocycles. The van der Waals surface area contributed by atoms with Crippen LogP contribution < -0.4 is 0 Å². The second-order valence-corrected chi connectivity index (χ2v) is 3.80. The van der Waals surface area contributed by atoms with E-state index in [2.05, 4.69) is 9.97 Å². The molecule has 6 heteroatoms. The Labute approximate surface area is 91.9 Å². The van der Waals surface area contributed by atoms with Crippen molar-refractivity contribution in [2.45, 2.75) is 6.42 Å². The summed E-state index contributed by atoms with van der Waals surface area (Å²) in [5.74, 6) is -0.308. The lowest BCUT2D eigenvalue weighted by Crippen LogP contribution is -2.16. The lowest BCUT2D eigenvalue weighted by Gasteiger charge is -2.08. The number of nitrogens with zero attached hydrogens (tertiary/aromatic N) is 3. The van der Waals surface area contributed by atoms with Gasteiger partial charge in [0.25, 0.3) is 0 Å². The van der Waals surface area contributed by atoms with Crippen molar-refractivity contribution in [1.82, 2.24) is 14.9 Å². The normalized spacial score (nSPS) is 11.0. The van der Waals surface area contributed by atoms with E-state index in [4.69, 9.17) is 23.2 Å². The minimum Gasteiger partial charge on any atom is -0.309 e. The van der Waals surface area contributed by atoms with Gasteiger partial charge in [0.1, 0.15) is 5.82 Å². The Morgan fingerprint density at radius 3 is 2.14 bits per heavy atom. The molecule has 0 saturated carbocycles. The molecule has 0 spiro atoms. The number of aromatic nitrogens is 2. The van der Waals surface area contributed by atoms with Crippen molar-refractivity contribution in [3.63, 3.8) is 0 Å². The van der Waals surface area contributed by atoms with Crippen LogP contribution in [-0.2, 0) is 6.42 Å². The van der Waals surface area contributed by atoms with Crippen LogP contribution in [0.25, 0.3) is 0 Å². The highest BCUT2D eigenvalue weighted by Crippen LogP contribution is 2.18. The van der Waals surface area contributed by atoms with Gasteiger partial charge in [-0.05, 0) is 14.1 Å². The van der Waals surface area contributed by atoms with Crippen LogP contribution in [0.15, 0.2) is 0 Å². The summed E-state index contributed by atoms with van der Waals surface area (Å²) in [6.45, 7) is 0.762. The van der Waals surface area contributed by atoms with E-state index in [1.165, 1.54) is 0 Å². The lowest BCUT2D eigenvalue weighted by molar-refractivity contribution is 0.409. The molecule has 1 aromatic heterocycles. The fourth-order valence-electron chi connectivity index (χ4n) is 0.870. The monoisotopic (exact) mass is 237 g/mol. The van der Waals surface area contributed by atoms with E-state index in [0.29, 0.717) is 12.2 Å². The fourth-order valence-corrected chi connectivity index (χ4v) is 1.29. The molecular formula is C8H10Cl2FN3. The molecule has 1 rings (SSSR count). The summed E-state index contributed by atoms with van der Waals surface area (Å²) in [5, 5.41) is -0.447. The second-order valence-electron chi connectivity index (χ2n) is 3.09. The first-order valence-electron chi connectivity index (χ1n) is 4.03. The summed E-state index contributed by atoms with van der Waals surface area (Å²) in [6.07, 6.45) is 0.590. The summed E-state index contributed by atoms with van der Waals surface area (Å²) in [5.41, 5.74) is 0. The average molecular weight is 238 g/mol. The summed E-state index contributed by atoms with van der Waals surface area (Å²) < 4.78 is 12.9. The van der Waals surface area contributed by atoms with Gasteiger partial charge in [-0.15, -0.1) is 0 Å². The molecule has 0 aliphatic rings. The van der Waals surface area contributed by atoms with Crippen molar-refractivity contribution < 1.29 is 4.39 Å². The van der Waals surface area contributed by atoms with Gasteiger partial charge in [0.15, 0.2) is 16.1 Å².